The highest BCUT2D eigenvalue weighted by Crippen LogP contribution is 2.36. The van der Waals surface area contributed by atoms with Crippen molar-refractivity contribution in [3.05, 3.63) is 28.8 Å². The third-order valence-electron chi connectivity index (χ3n) is 3.65. The summed E-state index contributed by atoms with van der Waals surface area (Å²) in [6, 6.07) is 5.51. The van der Waals surface area contributed by atoms with Gasteiger partial charge in [-0.05, 0) is 25.5 Å². The highest BCUT2D eigenvalue weighted by atomic mass is 35.5. The van der Waals surface area contributed by atoms with E-state index in [0.717, 1.165) is 12.2 Å². The van der Waals surface area contributed by atoms with Gasteiger partial charge in [0.15, 0.2) is 0 Å². The molecule has 0 spiro atoms. The SMILES string of the molecule is CC1(C(N)=O)CCN(c2cccc(Cl)c2C(N)=S)C1. The number of hydrogen-bond acceptors (Lipinski definition) is 3. The monoisotopic (exact) mass is 297 g/mol. The van der Waals surface area contributed by atoms with Gasteiger partial charge in [-0.15, -0.1) is 0 Å². The predicted octanol–water partition coefficient (Wildman–Crippen LogP) is 1.68. The highest BCUT2D eigenvalue weighted by molar-refractivity contribution is 7.80. The first kappa shape index (κ1) is 14.1. The molecule has 1 atom stereocenters. The Balaban J connectivity index is 2.37. The number of nitrogens with zero attached hydrogens (tertiary/aromatic N) is 1. The number of rotatable bonds is 3. The van der Waals surface area contributed by atoms with Gasteiger partial charge in [-0.25, -0.2) is 0 Å². The van der Waals surface area contributed by atoms with Crippen LogP contribution in [0.3, 0.4) is 0 Å². The van der Waals surface area contributed by atoms with Gasteiger partial charge >= 0.3 is 0 Å². The summed E-state index contributed by atoms with van der Waals surface area (Å²) in [5, 5.41) is 0.526. The molecule has 0 aliphatic carbocycles. The van der Waals surface area contributed by atoms with Crippen LogP contribution in [-0.4, -0.2) is 24.0 Å². The summed E-state index contributed by atoms with van der Waals surface area (Å²) >= 11 is 11.2. The maximum Gasteiger partial charge on any atom is 0.225 e. The van der Waals surface area contributed by atoms with Gasteiger partial charge in [0.05, 0.1) is 16.0 Å². The van der Waals surface area contributed by atoms with Crippen LogP contribution in [0.25, 0.3) is 0 Å². The number of thiocarbonyl (C=S) groups is 1. The molecule has 0 aromatic heterocycles. The fourth-order valence-corrected chi connectivity index (χ4v) is 2.93. The molecule has 1 aliphatic heterocycles. The van der Waals surface area contributed by atoms with Crippen LogP contribution in [0, 0.1) is 5.41 Å². The van der Waals surface area contributed by atoms with Crippen LogP contribution in [0.4, 0.5) is 5.69 Å². The smallest absolute Gasteiger partial charge is 0.225 e. The normalized spacial score (nSPS) is 22.5. The molecule has 102 valence electrons. The fourth-order valence-electron chi connectivity index (χ4n) is 2.39. The van der Waals surface area contributed by atoms with Crippen molar-refractivity contribution in [2.45, 2.75) is 13.3 Å². The Labute approximate surface area is 122 Å². The molecule has 1 aromatic rings. The molecule has 0 saturated carbocycles. The van der Waals surface area contributed by atoms with E-state index >= 15 is 0 Å². The number of hydrogen-bond donors (Lipinski definition) is 2. The molecule has 4 N–H and O–H groups in total. The summed E-state index contributed by atoms with van der Waals surface area (Å²) in [7, 11) is 0. The number of amides is 1. The lowest BCUT2D eigenvalue weighted by Crippen LogP contribution is -2.37. The van der Waals surface area contributed by atoms with Crippen molar-refractivity contribution in [3.8, 4) is 0 Å². The Kier molecular flexibility index (Phi) is 3.69. The Bertz CT molecular complexity index is 549. The first-order valence-electron chi connectivity index (χ1n) is 5.98. The van der Waals surface area contributed by atoms with Crippen LogP contribution < -0.4 is 16.4 Å². The van der Waals surface area contributed by atoms with Crippen LogP contribution in [0.15, 0.2) is 18.2 Å². The molecule has 19 heavy (non-hydrogen) atoms. The molecule has 1 unspecified atom stereocenters. The van der Waals surface area contributed by atoms with Gasteiger partial charge < -0.3 is 16.4 Å². The van der Waals surface area contributed by atoms with Gasteiger partial charge in [0.2, 0.25) is 5.91 Å². The van der Waals surface area contributed by atoms with Crippen molar-refractivity contribution in [3.63, 3.8) is 0 Å². The number of carbonyl (C=O) groups is 1. The molecule has 2 rings (SSSR count). The lowest BCUT2D eigenvalue weighted by atomic mass is 9.89. The number of benzene rings is 1. The molecule has 1 saturated heterocycles. The molecule has 1 heterocycles. The standard InChI is InChI=1S/C13H16ClN3OS/c1-13(12(16)18)5-6-17(7-13)9-4-2-3-8(14)10(9)11(15)19/h2-4H,5-7H2,1H3,(H2,15,19)(H2,16,18). The minimum atomic E-state index is -0.518. The lowest BCUT2D eigenvalue weighted by Gasteiger charge is -2.24. The third kappa shape index (κ3) is 2.53. The van der Waals surface area contributed by atoms with Gasteiger partial charge in [0, 0.05) is 18.8 Å². The average Bonchev–Trinajstić information content (AvgIpc) is 2.72. The molecule has 1 fully saturated rings. The lowest BCUT2D eigenvalue weighted by molar-refractivity contribution is -0.125. The van der Waals surface area contributed by atoms with E-state index in [-0.39, 0.29) is 10.9 Å². The minimum absolute atomic E-state index is 0.258. The maximum atomic E-state index is 11.5. The summed E-state index contributed by atoms with van der Waals surface area (Å²) in [5.74, 6) is -0.283. The van der Waals surface area contributed by atoms with E-state index in [2.05, 4.69) is 4.90 Å². The first-order valence-corrected chi connectivity index (χ1v) is 6.77. The topological polar surface area (TPSA) is 72.4 Å². The molecule has 6 heteroatoms. The number of primary amides is 1. The zero-order valence-corrected chi connectivity index (χ0v) is 12.2. The van der Waals surface area contributed by atoms with Crippen LogP contribution in [0.2, 0.25) is 5.02 Å². The predicted molar refractivity (Wildman–Crippen MR) is 81.5 cm³/mol. The van der Waals surface area contributed by atoms with E-state index < -0.39 is 5.41 Å². The van der Waals surface area contributed by atoms with Crippen molar-refractivity contribution in [2.75, 3.05) is 18.0 Å². The molecule has 1 amide bonds. The second kappa shape index (κ2) is 4.98. The molecule has 1 aliphatic rings. The van der Waals surface area contributed by atoms with Crippen LogP contribution in [0.5, 0.6) is 0 Å². The van der Waals surface area contributed by atoms with Gasteiger partial charge in [0.1, 0.15) is 4.99 Å². The Morgan fingerprint density at radius 2 is 2.16 bits per heavy atom. The number of anilines is 1. The highest BCUT2D eigenvalue weighted by Gasteiger charge is 2.39. The minimum Gasteiger partial charge on any atom is -0.389 e. The second-order valence-electron chi connectivity index (χ2n) is 5.09. The number of carbonyl (C=O) groups excluding carboxylic acids is 1. The van der Waals surface area contributed by atoms with E-state index in [0.29, 0.717) is 23.6 Å². The zero-order valence-electron chi connectivity index (χ0n) is 10.6. The maximum absolute atomic E-state index is 11.5. The summed E-state index contributed by atoms with van der Waals surface area (Å²) in [6.07, 6.45) is 0.714. The van der Waals surface area contributed by atoms with Crippen molar-refractivity contribution in [1.82, 2.24) is 0 Å². The van der Waals surface area contributed by atoms with Gasteiger partial charge in [-0.1, -0.05) is 29.9 Å². The Morgan fingerprint density at radius 1 is 1.47 bits per heavy atom. The summed E-state index contributed by atoms with van der Waals surface area (Å²) in [6.45, 7) is 3.16. The summed E-state index contributed by atoms with van der Waals surface area (Å²) in [4.78, 5) is 13.8. The quantitative estimate of drug-likeness (QED) is 0.833. The second-order valence-corrected chi connectivity index (χ2v) is 5.94. The van der Waals surface area contributed by atoms with E-state index in [1.54, 1.807) is 6.07 Å². The van der Waals surface area contributed by atoms with Crippen molar-refractivity contribution in [2.24, 2.45) is 16.9 Å². The van der Waals surface area contributed by atoms with Gasteiger partial charge in [0.25, 0.3) is 0 Å². The summed E-state index contributed by atoms with van der Waals surface area (Å²) < 4.78 is 0. The third-order valence-corrected chi connectivity index (χ3v) is 4.17. The van der Waals surface area contributed by atoms with Gasteiger partial charge in [-0.2, -0.15) is 0 Å². The van der Waals surface area contributed by atoms with E-state index in [1.165, 1.54) is 0 Å². The number of nitrogens with two attached hydrogens (primary N) is 2. The molecule has 0 bridgehead atoms. The van der Waals surface area contributed by atoms with Crippen molar-refractivity contribution < 1.29 is 4.79 Å². The molecular formula is C13H16ClN3OS. The van der Waals surface area contributed by atoms with E-state index in [1.807, 2.05) is 19.1 Å². The first-order chi connectivity index (χ1) is 8.85. The summed E-state index contributed by atoms with van der Waals surface area (Å²) in [5.41, 5.74) is 12.2. The molecule has 0 radical (unpaired) electrons. The van der Waals surface area contributed by atoms with Crippen LogP contribution >= 0.6 is 23.8 Å². The van der Waals surface area contributed by atoms with E-state index in [4.69, 9.17) is 35.3 Å². The van der Waals surface area contributed by atoms with Crippen LogP contribution in [-0.2, 0) is 4.79 Å². The van der Waals surface area contributed by atoms with Crippen molar-refractivity contribution >= 4 is 40.4 Å². The van der Waals surface area contributed by atoms with Gasteiger partial charge in [-0.3, -0.25) is 4.79 Å². The molecule has 4 nitrogen and oxygen atoms in total. The average molecular weight is 298 g/mol. The zero-order chi connectivity index (χ0) is 14.2. The Hall–Kier alpha value is -1.33. The van der Waals surface area contributed by atoms with Crippen molar-refractivity contribution in [1.29, 1.82) is 0 Å². The number of halogens is 1. The van der Waals surface area contributed by atoms with Crippen LogP contribution in [0.1, 0.15) is 18.9 Å². The largest absolute Gasteiger partial charge is 0.389 e. The molecular weight excluding hydrogens is 282 g/mol. The van der Waals surface area contributed by atoms with E-state index in [9.17, 15) is 4.79 Å². The fraction of sp³-hybridized carbons (Fsp3) is 0.385. The molecule has 1 aromatic carbocycles. The Morgan fingerprint density at radius 3 is 2.68 bits per heavy atom.